The summed E-state index contributed by atoms with van der Waals surface area (Å²) in [6, 6.07) is 7.26. The van der Waals surface area contributed by atoms with Crippen molar-refractivity contribution in [3.8, 4) is 0 Å². The lowest BCUT2D eigenvalue weighted by Gasteiger charge is -1.99. The maximum Gasteiger partial charge on any atom is 0.415 e. The Kier molecular flexibility index (Phi) is 2.74. The van der Waals surface area contributed by atoms with E-state index in [0.29, 0.717) is 5.52 Å². The van der Waals surface area contributed by atoms with Crippen molar-refractivity contribution < 1.29 is 15.0 Å². The molecule has 1 heterocycles. The number of carbonyl (C=O) groups is 1. The highest BCUT2D eigenvalue weighted by Crippen LogP contribution is 2.18. The van der Waals surface area contributed by atoms with E-state index in [1.165, 1.54) is 10.8 Å². The van der Waals surface area contributed by atoms with Gasteiger partial charge in [-0.25, -0.2) is 4.79 Å². The van der Waals surface area contributed by atoms with E-state index in [2.05, 4.69) is 0 Å². The van der Waals surface area contributed by atoms with Crippen LogP contribution in [0, 0.1) is 0 Å². The van der Waals surface area contributed by atoms with Crippen molar-refractivity contribution in [2.75, 3.05) is 6.61 Å². The first-order valence-corrected chi connectivity index (χ1v) is 4.84. The van der Waals surface area contributed by atoms with Crippen LogP contribution in [0.25, 0.3) is 17.0 Å². The van der Waals surface area contributed by atoms with Crippen LogP contribution in [-0.4, -0.2) is 27.5 Å². The molecule has 0 atom stereocenters. The molecular formula is C12H11NO3. The molecule has 0 aliphatic carbocycles. The van der Waals surface area contributed by atoms with Gasteiger partial charge in [-0.1, -0.05) is 24.3 Å². The van der Waals surface area contributed by atoms with E-state index >= 15 is 0 Å². The molecule has 0 saturated carbocycles. The van der Waals surface area contributed by atoms with E-state index in [1.54, 1.807) is 24.3 Å². The van der Waals surface area contributed by atoms with E-state index in [9.17, 15) is 4.79 Å². The maximum atomic E-state index is 10.9. The monoisotopic (exact) mass is 217 g/mol. The predicted octanol–water partition coefficient (Wildman–Crippen LogP) is 2.17. The van der Waals surface area contributed by atoms with Gasteiger partial charge in [-0.2, -0.15) is 0 Å². The molecule has 4 heteroatoms. The van der Waals surface area contributed by atoms with Gasteiger partial charge >= 0.3 is 6.09 Å². The van der Waals surface area contributed by atoms with Crippen LogP contribution < -0.4 is 0 Å². The van der Waals surface area contributed by atoms with Crippen molar-refractivity contribution in [3.63, 3.8) is 0 Å². The van der Waals surface area contributed by atoms with Gasteiger partial charge < -0.3 is 10.2 Å². The standard InChI is InChI=1S/C12H11NO3/c14-7-1-2-9-3-4-10-5-6-13(12(15)16)11(10)8-9/h1-6,8,14H,7H2,(H,15,16)/b2-1+. The summed E-state index contributed by atoms with van der Waals surface area (Å²) >= 11 is 0. The predicted molar refractivity (Wildman–Crippen MR) is 61.5 cm³/mol. The van der Waals surface area contributed by atoms with Gasteiger partial charge in [0.25, 0.3) is 0 Å². The Morgan fingerprint density at radius 2 is 2.19 bits per heavy atom. The zero-order valence-corrected chi connectivity index (χ0v) is 8.50. The summed E-state index contributed by atoms with van der Waals surface area (Å²) in [5.74, 6) is 0. The highest BCUT2D eigenvalue weighted by Gasteiger charge is 2.06. The fraction of sp³-hybridized carbons (Fsp3) is 0.0833. The van der Waals surface area contributed by atoms with E-state index in [4.69, 9.17) is 10.2 Å². The van der Waals surface area contributed by atoms with Crippen molar-refractivity contribution in [1.82, 2.24) is 4.57 Å². The van der Waals surface area contributed by atoms with Crippen molar-refractivity contribution in [1.29, 1.82) is 0 Å². The Labute approximate surface area is 92.1 Å². The van der Waals surface area contributed by atoms with Gasteiger partial charge in [0.1, 0.15) is 0 Å². The molecule has 2 N–H and O–H groups in total. The second-order valence-corrected chi connectivity index (χ2v) is 3.37. The van der Waals surface area contributed by atoms with E-state index in [0.717, 1.165) is 10.9 Å². The summed E-state index contributed by atoms with van der Waals surface area (Å²) < 4.78 is 1.17. The lowest BCUT2D eigenvalue weighted by molar-refractivity contribution is 0.197. The lowest BCUT2D eigenvalue weighted by atomic mass is 10.1. The number of aromatic nitrogens is 1. The Balaban J connectivity index is 2.54. The molecule has 0 bridgehead atoms. The second-order valence-electron chi connectivity index (χ2n) is 3.37. The SMILES string of the molecule is O=C(O)n1ccc2ccc(/C=C/CO)cc21. The number of nitrogens with zero attached hydrogens (tertiary/aromatic N) is 1. The summed E-state index contributed by atoms with van der Waals surface area (Å²) in [5, 5.41) is 18.5. The molecule has 0 unspecified atom stereocenters. The van der Waals surface area contributed by atoms with Crippen LogP contribution >= 0.6 is 0 Å². The van der Waals surface area contributed by atoms with Crippen LogP contribution in [-0.2, 0) is 0 Å². The maximum absolute atomic E-state index is 10.9. The minimum Gasteiger partial charge on any atom is -0.464 e. The van der Waals surface area contributed by atoms with Crippen molar-refractivity contribution >= 4 is 23.1 Å². The quantitative estimate of drug-likeness (QED) is 0.810. The Morgan fingerprint density at radius 3 is 2.88 bits per heavy atom. The Bertz CT molecular complexity index is 554. The fourth-order valence-corrected chi connectivity index (χ4v) is 1.60. The fourth-order valence-electron chi connectivity index (χ4n) is 1.60. The number of benzene rings is 1. The molecule has 1 aromatic heterocycles. The third kappa shape index (κ3) is 1.83. The molecule has 0 aliphatic heterocycles. The van der Waals surface area contributed by atoms with Gasteiger partial charge in [0.2, 0.25) is 0 Å². The minimum absolute atomic E-state index is 0.0298. The zero-order chi connectivity index (χ0) is 11.5. The molecule has 0 spiro atoms. The van der Waals surface area contributed by atoms with Crippen LogP contribution in [0.3, 0.4) is 0 Å². The third-order valence-electron chi connectivity index (χ3n) is 2.34. The average molecular weight is 217 g/mol. The molecule has 0 fully saturated rings. The van der Waals surface area contributed by atoms with Crippen LogP contribution in [0.4, 0.5) is 4.79 Å². The van der Waals surface area contributed by atoms with Gasteiger partial charge in [-0.3, -0.25) is 4.57 Å². The number of aliphatic hydroxyl groups excluding tert-OH is 1. The summed E-state index contributed by atoms with van der Waals surface area (Å²) in [5.41, 5.74) is 1.51. The number of rotatable bonds is 2. The second kappa shape index (κ2) is 4.20. The zero-order valence-electron chi connectivity index (χ0n) is 8.50. The van der Waals surface area contributed by atoms with Gasteiger partial charge in [0.05, 0.1) is 12.1 Å². The van der Waals surface area contributed by atoms with Crippen LogP contribution in [0.15, 0.2) is 36.5 Å². The number of fused-ring (bicyclic) bond motifs is 1. The van der Waals surface area contributed by atoms with Gasteiger partial charge in [-0.05, 0) is 17.7 Å². The largest absolute Gasteiger partial charge is 0.464 e. The smallest absolute Gasteiger partial charge is 0.415 e. The lowest BCUT2D eigenvalue weighted by Crippen LogP contribution is -2.05. The highest BCUT2D eigenvalue weighted by molar-refractivity contribution is 5.90. The van der Waals surface area contributed by atoms with Crippen molar-refractivity contribution in [3.05, 3.63) is 42.1 Å². The summed E-state index contributed by atoms with van der Waals surface area (Å²) in [6.45, 7) is -0.0298. The van der Waals surface area contributed by atoms with Crippen molar-refractivity contribution in [2.24, 2.45) is 0 Å². The first-order chi connectivity index (χ1) is 7.72. The molecule has 2 aromatic rings. The average Bonchev–Trinajstić information content (AvgIpc) is 2.69. The van der Waals surface area contributed by atoms with Crippen LogP contribution in [0.5, 0.6) is 0 Å². The molecule has 82 valence electrons. The minimum atomic E-state index is -1.00. The normalized spacial score (nSPS) is 11.3. The molecule has 2 rings (SSSR count). The highest BCUT2D eigenvalue weighted by atomic mass is 16.4. The van der Waals surface area contributed by atoms with E-state index in [1.807, 2.05) is 12.1 Å². The van der Waals surface area contributed by atoms with Crippen LogP contribution in [0.2, 0.25) is 0 Å². The van der Waals surface area contributed by atoms with Gasteiger partial charge in [0.15, 0.2) is 0 Å². The molecular weight excluding hydrogens is 206 g/mol. The molecule has 0 aliphatic rings. The molecule has 16 heavy (non-hydrogen) atoms. The molecule has 0 amide bonds. The number of aliphatic hydroxyl groups is 1. The van der Waals surface area contributed by atoms with Crippen molar-refractivity contribution in [2.45, 2.75) is 0 Å². The number of hydrogen-bond donors (Lipinski definition) is 2. The number of carboxylic acid groups (broad SMARTS) is 1. The molecule has 0 saturated heterocycles. The topological polar surface area (TPSA) is 62.5 Å². The van der Waals surface area contributed by atoms with Crippen LogP contribution in [0.1, 0.15) is 5.56 Å². The first kappa shape index (κ1) is 10.4. The molecule has 0 radical (unpaired) electrons. The first-order valence-electron chi connectivity index (χ1n) is 4.84. The Morgan fingerprint density at radius 1 is 1.38 bits per heavy atom. The van der Waals surface area contributed by atoms with E-state index in [-0.39, 0.29) is 6.61 Å². The van der Waals surface area contributed by atoms with E-state index < -0.39 is 6.09 Å². The summed E-state index contributed by atoms with van der Waals surface area (Å²) in [6.07, 6.45) is 3.87. The molecule has 4 nitrogen and oxygen atoms in total. The third-order valence-corrected chi connectivity index (χ3v) is 2.34. The summed E-state index contributed by atoms with van der Waals surface area (Å²) in [4.78, 5) is 10.9. The number of hydrogen-bond acceptors (Lipinski definition) is 2. The Hall–Kier alpha value is -2.07. The summed E-state index contributed by atoms with van der Waals surface area (Å²) in [7, 11) is 0. The van der Waals surface area contributed by atoms with Gasteiger partial charge in [0, 0.05) is 11.6 Å². The van der Waals surface area contributed by atoms with Gasteiger partial charge in [-0.15, -0.1) is 0 Å². The molecule has 1 aromatic carbocycles.